The highest BCUT2D eigenvalue weighted by Gasteiger charge is 2.63. The first-order valence-corrected chi connectivity index (χ1v) is 10.0. The normalized spacial score (nSPS) is 30.0. The maximum absolute atomic E-state index is 13.2. The predicted molar refractivity (Wildman–Crippen MR) is 105 cm³/mol. The summed E-state index contributed by atoms with van der Waals surface area (Å²) in [7, 11) is 1.66. The minimum Gasteiger partial charge on any atom is -0.369 e. The smallest absolute Gasteiger partial charge is 0.260 e. The van der Waals surface area contributed by atoms with Gasteiger partial charge < -0.3 is 19.5 Å². The SMILES string of the molecule is CC(=O)NC[C@H]1[C@H]2CN(C(=O)c3ccc4c(=O)n(C)cnc4c3)C[C@]23CC[C@H]1O3. The lowest BCUT2D eigenvalue weighted by Gasteiger charge is -2.29. The summed E-state index contributed by atoms with van der Waals surface area (Å²) in [5.41, 5.74) is 0.642. The van der Waals surface area contributed by atoms with E-state index in [4.69, 9.17) is 4.74 Å². The molecular formula is C21H24N4O4. The van der Waals surface area contributed by atoms with E-state index in [0.29, 0.717) is 36.1 Å². The van der Waals surface area contributed by atoms with Gasteiger partial charge in [-0.05, 0) is 31.0 Å². The van der Waals surface area contributed by atoms with E-state index in [1.165, 1.54) is 17.8 Å². The number of fused-ring (bicyclic) bond motifs is 2. The zero-order valence-electron chi connectivity index (χ0n) is 16.6. The van der Waals surface area contributed by atoms with Crippen LogP contribution in [0.3, 0.4) is 0 Å². The summed E-state index contributed by atoms with van der Waals surface area (Å²) in [6, 6.07) is 5.07. The van der Waals surface area contributed by atoms with Crippen molar-refractivity contribution in [3.05, 3.63) is 40.4 Å². The summed E-state index contributed by atoms with van der Waals surface area (Å²) in [5.74, 6) is 0.376. The van der Waals surface area contributed by atoms with Crippen LogP contribution in [0.5, 0.6) is 0 Å². The minimum absolute atomic E-state index is 0.0393. The molecular weight excluding hydrogens is 372 g/mol. The van der Waals surface area contributed by atoms with Gasteiger partial charge in [0.05, 0.1) is 35.5 Å². The molecule has 1 spiro atoms. The Labute approximate surface area is 167 Å². The Balaban J connectivity index is 1.39. The third-order valence-electron chi connectivity index (χ3n) is 6.82. The molecule has 0 saturated carbocycles. The van der Waals surface area contributed by atoms with Crippen molar-refractivity contribution in [3.8, 4) is 0 Å². The molecule has 5 rings (SSSR count). The second-order valence-corrected chi connectivity index (χ2v) is 8.55. The number of carbonyl (C=O) groups excluding carboxylic acids is 2. The van der Waals surface area contributed by atoms with Gasteiger partial charge in [-0.1, -0.05) is 0 Å². The summed E-state index contributed by atoms with van der Waals surface area (Å²) < 4.78 is 7.77. The fourth-order valence-corrected chi connectivity index (χ4v) is 5.41. The van der Waals surface area contributed by atoms with Crippen LogP contribution in [0.2, 0.25) is 0 Å². The molecule has 1 aromatic heterocycles. The molecule has 4 heterocycles. The van der Waals surface area contributed by atoms with E-state index in [9.17, 15) is 14.4 Å². The highest BCUT2D eigenvalue weighted by atomic mass is 16.5. The maximum Gasteiger partial charge on any atom is 0.260 e. The lowest BCUT2D eigenvalue weighted by atomic mass is 9.73. The van der Waals surface area contributed by atoms with Crippen molar-refractivity contribution >= 4 is 22.7 Å². The van der Waals surface area contributed by atoms with E-state index in [-0.39, 0.29) is 40.9 Å². The third-order valence-corrected chi connectivity index (χ3v) is 6.82. The lowest BCUT2D eigenvalue weighted by Crippen LogP contribution is -2.41. The zero-order valence-corrected chi connectivity index (χ0v) is 16.6. The van der Waals surface area contributed by atoms with Crippen molar-refractivity contribution in [2.45, 2.75) is 31.5 Å². The first-order chi connectivity index (χ1) is 13.9. The average Bonchev–Trinajstić information content (AvgIpc) is 3.37. The monoisotopic (exact) mass is 396 g/mol. The number of rotatable bonds is 3. The van der Waals surface area contributed by atoms with Crippen LogP contribution < -0.4 is 10.9 Å². The molecule has 1 aromatic carbocycles. The Hall–Kier alpha value is -2.74. The minimum atomic E-state index is -0.283. The van der Waals surface area contributed by atoms with Gasteiger partial charge in [0.25, 0.3) is 11.5 Å². The van der Waals surface area contributed by atoms with Crippen molar-refractivity contribution < 1.29 is 14.3 Å². The first-order valence-electron chi connectivity index (χ1n) is 10.0. The van der Waals surface area contributed by atoms with E-state index in [1.807, 2.05) is 4.90 Å². The molecule has 0 aliphatic carbocycles. The second-order valence-electron chi connectivity index (χ2n) is 8.55. The number of aryl methyl sites for hydroxylation is 1. The number of benzene rings is 1. The van der Waals surface area contributed by atoms with Gasteiger partial charge in [-0.3, -0.25) is 14.4 Å². The molecule has 3 aliphatic rings. The average molecular weight is 396 g/mol. The molecule has 8 nitrogen and oxygen atoms in total. The Morgan fingerprint density at radius 3 is 3.00 bits per heavy atom. The van der Waals surface area contributed by atoms with Crippen LogP contribution >= 0.6 is 0 Å². The van der Waals surface area contributed by atoms with Crippen LogP contribution in [0.1, 0.15) is 30.1 Å². The lowest BCUT2D eigenvalue weighted by molar-refractivity contribution is -0.119. The fraction of sp³-hybridized carbons (Fsp3) is 0.524. The van der Waals surface area contributed by atoms with Crippen LogP contribution in [0, 0.1) is 11.8 Å². The van der Waals surface area contributed by atoms with Crippen molar-refractivity contribution in [2.24, 2.45) is 18.9 Å². The summed E-state index contributed by atoms with van der Waals surface area (Å²) in [5, 5.41) is 3.43. The Kier molecular flexibility index (Phi) is 4.03. The number of carbonyl (C=O) groups is 2. The topological polar surface area (TPSA) is 93.5 Å². The van der Waals surface area contributed by atoms with Crippen LogP contribution in [-0.2, 0) is 16.6 Å². The van der Waals surface area contributed by atoms with Crippen molar-refractivity contribution in [3.63, 3.8) is 0 Å². The molecule has 3 saturated heterocycles. The van der Waals surface area contributed by atoms with Crippen LogP contribution in [0.25, 0.3) is 10.9 Å². The highest BCUT2D eigenvalue weighted by molar-refractivity contribution is 5.98. The largest absolute Gasteiger partial charge is 0.369 e. The molecule has 152 valence electrons. The fourth-order valence-electron chi connectivity index (χ4n) is 5.41. The van der Waals surface area contributed by atoms with E-state index < -0.39 is 0 Å². The molecule has 3 fully saturated rings. The molecule has 0 radical (unpaired) electrons. The molecule has 4 atom stereocenters. The quantitative estimate of drug-likeness (QED) is 0.824. The number of nitrogens with zero attached hydrogens (tertiary/aromatic N) is 3. The summed E-state index contributed by atoms with van der Waals surface area (Å²) >= 11 is 0. The predicted octanol–water partition coefficient (Wildman–Crippen LogP) is 0.689. The Morgan fingerprint density at radius 1 is 1.38 bits per heavy atom. The van der Waals surface area contributed by atoms with Crippen molar-refractivity contribution in [1.29, 1.82) is 0 Å². The van der Waals surface area contributed by atoms with E-state index >= 15 is 0 Å². The number of amides is 2. The van der Waals surface area contributed by atoms with Gasteiger partial charge in [0.15, 0.2) is 0 Å². The molecule has 2 amide bonds. The van der Waals surface area contributed by atoms with Gasteiger partial charge in [-0.2, -0.15) is 0 Å². The molecule has 0 unspecified atom stereocenters. The van der Waals surface area contributed by atoms with Gasteiger partial charge in [0, 0.05) is 44.5 Å². The number of aromatic nitrogens is 2. The summed E-state index contributed by atoms with van der Waals surface area (Å²) in [6.45, 7) is 3.32. The standard InChI is InChI=1S/C21H24N4O4/c1-12(26)22-8-15-16-9-25(10-21(16)6-5-18(15)29-21)19(27)13-3-4-14-17(7-13)23-11-24(2)20(14)28/h3-4,7,11,15-16,18H,5-6,8-10H2,1-2H3,(H,22,26)/t15-,16+,18+,21+/m0/s1. The van der Waals surface area contributed by atoms with Crippen LogP contribution in [0.4, 0.5) is 0 Å². The van der Waals surface area contributed by atoms with Crippen LogP contribution in [-0.4, -0.2) is 57.6 Å². The van der Waals surface area contributed by atoms with Gasteiger partial charge in [0.1, 0.15) is 0 Å². The van der Waals surface area contributed by atoms with Crippen LogP contribution in [0.15, 0.2) is 29.3 Å². The zero-order chi connectivity index (χ0) is 20.3. The number of ether oxygens (including phenoxy) is 1. The third kappa shape index (κ3) is 2.77. The number of likely N-dealkylation sites (tertiary alicyclic amines) is 1. The molecule has 3 aliphatic heterocycles. The second kappa shape index (κ2) is 6.38. The molecule has 29 heavy (non-hydrogen) atoms. The maximum atomic E-state index is 13.2. The number of nitrogens with one attached hydrogen (secondary N) is 1. The van der Waals surface area contributed by atoms with Crippen molar-refractivity contribution in [1.82, 2.24) is 19.8 Å². The van der Waals surface area contributed by atoms with Gasteiger partial charge >= 0.3 is 0 Å². The van der Waals surface area contributed by atoms with E-state index in [2.05, 4.69) is 10.3 Å². The number of hydrogen-bond donors (Lipinski definition) is 1. The molecule has 2 aromatic rings. The van der Waals surface area contributed by atoms with Gasteiger partial charge in [-0.25, -0.2) is 4.98 Å². The van der Waals surface area contributed by atoms with E-state index in [0.717, 1.165) is 12.8 Å². The first kappa shape index (κ1) is 18.3. The molecule has 8 heteroatoms. The van der Waals surface area contributed by atoms with E-state index in [1.54, 1.807) is 25.2 Å². The molecule has 2 bridgehead atoms. The molecule has 1 N–H and O–H groups in total. The van der Waals surface area contributed by atoms with Gasteiger partial charge in [-0.15, -0.1) is 0 Å². The van der Waals surface area contributed by atoms with Crippen molar-refractivity contribution in [2.75, 3.05) is 19.6 Å². The Bertz CT molecular complexity index is 1080. The summed E-state index contributed by atoms with van der Waals surface area (Å²) in [6.07, 6.45) is 3.58. The highest BCUT2D eigenvalue weighted by Crippen LogP contribution is 2.54. The summed E-state index contributed by atoms with van der Waals surface area (Å²) in [4.78, 5) is 42.9. The Morgan fingerprint density at radius 2 is 2.21 bits per heavy atom. The number of hydrogen-bond acceptors (Lipinski definition) is 5. The van der Waals surface area contributed by atoms with Gasteiger partial charge in [0.2, 0.25) is 5.91 Å².